The molecule has 0 bridgehead atoms. The molecule has 3 heteroatoms. The molecule has 15 heavy (non-hydrogen) atoms. The summed E-state index contributed by atoms with van der Waals surface area (Å²) in [5.74, 6) is 1.03. The minimum absolute atomic E-state index is 0.594. The van der Waals surface area contributed by atoms with E-state index in [-0.39, 0.29) is 0 Å². The van der Waals surface area contributed by atoms with Crippen molar-refractivity contribution in [3.05, 3.63) is 12.4 Å². The lowest BCUT2D eigenvalue weighted by Crippen LogP contribution is -2.12. The Labute approximate surface area is 92.9 Å². The van der Waals surface area contributed by atoms with Crippen molar-refractivity contribution >= 4 is 5.95 Å². The summed E-state index contributed by atoms with van der Waals surface area (Å²) in [4.78, 5) is 4.36. The zero-order valence-electron chi connectivity index (χ0n) is 10.2. The number of imidazole rings is 1. The molecule has 1 aromatic heterocycles. The quantitative estimate of drug-likeness (QED) is 0.745. The predicted molar refractivity (Wildman–Crippen MR) is 65.2 cm³/mol. The maximum Gasteiger partial charge on any atom is 0.203 e. The summed E-state index contributed by atoms with van der Waals surface area (Å²) >= 11 is 0. The van der Waals surface area contributed by atoms with Crippen molar-refractivity contribution < 1.29 is 0 Å². The standard InChI is InChI=1S/C12H23N3/c1-4-7-11(6-3)15-10-9-14-12(15)13-8-5-2/h9-11H,4-8H2,1-3H3,(H,13,14). The van der Waals surface area contributed by atoms with E-state index in [0.717, 1.165) is 18.9 Å². The molecule has 1 heterocycles. The summed E-state index contributed by atoms with van der Waals surface area (Å²) in [5.41, 5.74) is 0. The summed E-state index contributed by atoms with van der Waals surface area (Å²) in [5, 5.41) is 3.37. The molecule has 0 aliphatic heterocycles. The van der Waals surface area contributed by atoms with Crippen LogP contribution in [-0.4, -0.2) is 16.1 Å². The minimum atomic E-state index is 0.594. The number of hydrogen-bond donors (Lipinski definition) is 1. The van der Waals surface area contributed by atoms with E-state index in [9.17, 15) is 0 Å². The van der Waals surface area contributed by atoms with Gasteiger partial charge >= 0.3 is 0 Å². The molecule has 0 saturated carbocycles. The van der Waals surface area contributed by atoms with Crippen LogP contribution in [0.4, 0.5) is 5.95 Å². The lowest BCUT2D eigenvalue weighted by atomic mass is 10.1. The van der Waals surface area contributed by atoms with Gasteiger partial charge in [0.1, 0.15) is 0 Å². The van der Waals surface area contributed by atoms with Gasteiger partial charge < -0.3 is 9.88 Å². The van der Waals surface area contributed by atoms with E-state index in [1.807, 2.05) is 6.20 Å². The van der Waals surface area contributed by atoms with Crippen molar-refractivity contribution in [3.63, 3.8) is 0 Å². The van der Waals surface area contributed by atoms with Crippen LogP contribution < -0.4 is 5.32 Å². The normalized spacial score (nSPS) is 12.7. The Morgan fingerprint density at radius 3 is 2.73 bits per heavy atom. The molecule has 0 saturated heterocycles. The van der Waals surface area contributed by atoms with Gasteiger partial charge in [-0.2, -0.15) is 0 Å². The second kappa shape index (κ2) is 6.49. The first-order chi connectivity index (χ1) is 7.33. The highest BCUT2D eigenvalue weighted by molar-refractivity contribution is 5.26. The van der Waals surface area contributed by atoms with Gasteiger partial charge in [0.05, 0.1) is 0 Å². The van der Waals surface area contributed by atoms with Gasteiger partial charge in [-0.15, -0.1) is 0 Å². The van der Waals surface area contributed by atoms with E-state index >= 15 is 0 Å². The fraction of sp³-hybridized carbons (Fsp3) is 0.750. The smallest absolute Gasteiger partial charge is 0.203 e. The van der Waals surface area contributed by atoms with Crippen molar-refractivity contribution in [3.8, 4) is 0 Å². The lowest BCUT2D eigenvalue weighted by Gasteiger charge is -2.18. The SMILES string of the molecule is CCCNc1nccn1C(CC)CCC. The Morgan fingerprint density at radius 1 is 1.33 bits per heavy atom. The van der Waals surface area contributed by atoms with Crippen molar-refractivity contribution in [2.75, 3.05) is 11.9 Å². The van der Waals surface area contributed by atoms with E-state index in [2.05, 4.69) is 41.8 Å². The summed E-state index contributed by atoms with van der Waals surface area (Å²) in [6.45, 7) is 7.64. The number of nitrogens with one attached hydrogen (secondary N) is 1. The van der Waals surface area contributed by atoms with Crippen molar-refractivity contribution in [2.24, 2.45) is 0 Å². The number of aromatic nitrogens is 2. The summed E-state index contributed by atoms with van der Waals surface area (Å²) in [7, 11) is 0. The number of rotatable bonds is 7. The van der Waals surface area contributed by atoms with Gasteiger partial charge in [0.25, 0.3) is 0 Å². The fourth-order valence-electron chi connectivity index (χ4n) is 1.85. The van der Waals surface area contributed by atoms with Gasteiger partial charge in [-0.1, -0.05) is 27.2 Å². The van der Waals surface area contributed by atoms with E-state index in [0.29, 0.717) is 6.04 Å². The van der Waals surface area contributed by atoms with E-state index in [1.165, 1.54) is 19.3 Å². The third-order valence-corrected chi connectivity index (χ3v) is 2.69. The molecule has 1 aromatic rings. The molecule has 0 aromatic carbocycles. The topological polar surface area (TPSA) is 29.9 Å². The van der Waals surface area contributed by atoms with Gasteiger partial charge in [-0.25, -0.2) is 4.98 Å². The average molecular weight is 209 g/mol. The Balaban J connectivity index is 2.68. The lowest BCUT2D eigenvalue weighted by molar-refractivity contribution is 0.451. The summed E-state index contributed by atoms with van der Waals surface area (Å²) < 4.78 is 2.28. The molecule has 86 valence electrons. The molecule has 1 unspecified atom stereocenters. The molecule has 0 spiro atoms. The van der Waals surface area contributed by atoms with Crippen LogP contribution in [0.1, 0.15) is 52.5 Å². The molecular weight excluding hydrogens is 186 g/mol. The third-order valence-electron chi connectivity index (χ3n) is 2.69. The van der Waals surface area contributed by atoms with Crippen LogP contribution in [0.3, 0.4) is 0 Å². The zero-order valence-corrected chi connectivity index (χ0v) is 10.2. The van der Waals surface area contributed by atoms with Crippen LogP contribution in [-0.2, 0) is 0 Å². The van der Waals surface area contributed by atoms with Crippen LogP contribution in [0.5, 0.6) is 0 Å². The van der Waals surface area contributed by atoms with Crippen molar-refractivity contribution in [2.45, 2.75) is 52.5 Å². The van der Waals surface area contributed by atoms with E-state index in [1.54, 1.807) is 0 Å². The molecule has 0 aliphatic rings. The largest absolute Gasteiger partial charge is 0.356 e. The Morgan fingerprint density at radius 2 is 2.13 bits per heavy atom. The van der Waals surface area contributed by atoms with E-state index < -0.39 is 0 Å². The monoisotopic (exact) mass is 209 g/mol. The first-order valence-electron chi connectivity index (χ1n) is 6.10. The van der Waals surface area contributed by atoms with Crippen LogP contribution in [0.25, 0.3) is 0 Å². The number of hydrogen-bond acceptors (Lipinski definition) is 2. The maximum absolute atomic E-state index is 4.36. The highest BCUT2D eigenvalue weighted by Crippen LogP contribution is 2.21. The molecule has 1 rings (SSSR count). The first-order valence-corrected chi connectivity index (χ1v) is 6.10. The summed E-state index contributed by atoms with van der Waals surface area (Å²) in [6.07, 6.45) is 8.73. The van der Waals surface area contributed by atoms with Crippen molar-refractivity contribution in [1.82, 2.24) is 9.55 Å². The van der Waals surface area contributed by atoms with Crippen LogP contribution in [0.2, 0.25) is 0 Å². The van der Waals surface area contributed by atoms with Crippen LogP contribution >= 0.6 is 0 Å². The van der Waals surface area contributed by atoms with Gasteiger partial charge in [-0.3, -0.25) is 0 Å². The molecule has 3 nitrogen and oxygen atoms in total. The number of nitrogens with zero attached hydrogens (tertiary/aromatic N) is 2. The molecule has 1 atom stereocenters. The maximum atomic E-state index is 4.36. The second-order valence-corrected chi connectivity index (χ2v) is 3.94. The predicted octanol–water partition coefficient (Wildman–Crippen LogP) is 3.46. The Bertz CT molecular complexity index is 268. The third kappa shape index (κ3) is 3.26. The zero-order chi connectivity index (χ0) is 11.1. The highest BCUT2D eigenvalue weighted by Gasteiger charge is 2.11. The van der Waals surface area contributed by atoms with Gasteiger partial charge in [-0.05, 0) is 19.3 Å². The van der Waals surface area contributed by atoms with Gasteiger partial charge in [0, 0.05) is 25.0 Å². The summed E-state index contributed by atoms with van der Waals surface area (Å²) in [6, 6.07) is 0.594. The van der Waals surface area contributed by atoms with Crippen LogP contribution in [0, 0.1) is 0 Å². The molecular formula is C12H23N3. The molecule has 0 aliphatic carbocycles. The molecule has 0 fully saturated rings. The molecule has 0 amide bonds. The fourth-order valence-corrected chi connectivity index (χ4v) is 1.85. The molecule has 1 N–H and O–H groups in total. The first kappa shape index (κ1) is 12.1. The molecule has 0 radical (unpaired) electrons. The van der Waals surface area contributed by atoms with Crippen molar-refractivity contribution in [1.29, 1.82) is 0 Å². The van der Waals surface area contributed by atoms with Crippen LogP contribution in [0.15, 0.2) is 12.4 Å². The average Bonchev–Trinajstić information content (AvgIpc) is 2.71. The highest BCUT2D eigenvalue weighted by atomic mass is 15.2. The van der Waals surface area contributed by atoms with Gasteiger partial charge in [0.2, 0.25) is 5.95 Å². The van der Waals surface area contributed by atoms with Gasteiger partial charge in [0.15, 0.2) is 0 Å². The minimum Gasteiger partial charge on any atom is -0.356 e. The Hall–Kier alpha value is -0.990. The van der Waals surface area contributed by atoms with E-state index in [4.69, 9.17) is 0 Å². The second-order valence-electron chi connectivity index (χ2n) is 3.94. The Kier molecular flexibility index (Phi) is 5.22. The number of anilines is 1.